The number of hydrogen-bond acceptors (Lipinski definition) is 4. The van der Waals surface area contributed by atoms with Crippen LogP contribution in [0.15, 0.2) is 12.4 Å². The molecule has 1 rings (SSSR count). The monoisotopic (exact) mass is 211 g/mol. The van der Waals surface area contributed by atoms with E-state index in [-0.39, 0.29) is 17.4 Å². The Kier molecular flexibility index (Phi) is 3.54. The molecule has 15 heavy (non-hydrogen) atoms. The number of nitrogens with zero attached hydrogens (tertiary/aromatic N) is 3. The average Bonchev–Trinajstić information content (AvgIpc) is 2.62. The molecule has 0 amide bonds. The van der Waals surface area contributed by atoms with Gasteiger partial charge < -0.3 is 0 Å². The fourth-order valence-electron chi connectivity index (χ4n) is 1.08. The topological polar surface area (TPSA) is 78.0 Å². The second-order valence-corrected chi connectivity index (χ2v) is 3.59. The van der Waals surface area contributed by atoms with E-state index in [0.717, 1.165) is 0 Å². The highest BCUT2D eigenvalue weighted by Gasteiger charge is 2.11. The van der Waals surface area contributed by atoms with Crippen molar-refractivity contribution in [2.24, 2.45) is 5.92 Å². The minimum absolute atomic E-state index is 0.00412. The first-order valence-corrected chi connectivity index (χ1v) is 4.70. The van der Waals surface area contributed by atoms with E-state index in [0.29, 0.717) is 13.0 Å². The van der Waals surface area contributed by atoms with Gasteiger partial charge in [0.25, 0.3) is 0 Å². The lowest BCUT2D eigenvalue weighted by atomic mass is 10.1. The minimum atomic E-state index is -0.506. The van der Waals surface area contributed by atoms with Crippen LogP contribution in [-0.2, 0) is 11.3 Å². The van der Waals surface area contributed by atoms with Crippen LogP contribution in [0.5, 0.6) is 0 Å². The predicted molar refractivity (Wildman–Crippen MR) is 53.3 cm³/mol. The first-order chi connectivity index (χ1) is 7.00. The highest BCUT2D eigenvalue weighted by atomic mass is 16.6. The molecule has 0 aliphatic rings. The number of hydrogen-bond donors (Lipinski definition) is 0. The molecule has 0 aliphatic heterocycles. The first-order valence-electron chi connectivity index (χ1n) is 4.70. The number of nitro groups is 1. The Morgan fingerprint density at radius 2 is 2.33 bits per heavy atom. The molecule has 0 spiro atoms. The van der Waals surface area contributed by atoms with Crippen LogP contribution in [0.2, 0.25) is 0 Å². The summed E-state index contributed by atoms with van der Waals surface area (Å²) in [4.78, 5) is 21.1. The largest absolute Gasteiger partial charge is 0.306 e. The van der Waals surface area contributed by atoms with Crippen LogP contribution < -0.4 is 0 Å². The number of aromatic nitrogens is 2. The second-order valence-electron chi connectivity index (χ2n) is 3.59. The molecule has 82 valence electrons. The third kappa shape index (κ3) is 3.16. The molecule has 0 radical (unpaired) electrons. The van der Waals surface area contributed by atoms with E-state index in [1.807, 2.05) is 13.8 Å². The van der Waals surface area contributed by atoms with Crippen molar-refractivity contribution in [1.82, 2.24) is 9.78 Å². The molecule has 0 N–H and O–H groups in total. The Labute approximate surface area is 87.0 Å². The molecule has 0 bridgehead atoms. The van der Waals surface area contributed by atoms with Gasteiger partial charge in [-0.2, -0.15) is 5.10 Å². The first kappa shape index (κ1) is 11.4. The van der Waals surface area contributed by atoms with E-state index >= 15 is 0 Å². The Bertz CT molecular complexity index is 370. The zero-order valence-corrected chi connectivity index (χ0v) is 8.71. The van der Waals surface area contributed by atoms with Gasteiger partial charge in [0, 0.05) is 18.9 Å². The van der Waals surface area contributed by atoms with Gasteiger partial charge in [-0.05, 0) is 0 Å². The van der Waals surface area contributed by atoms with Crippen molar-refractivity contribution in [3.8, 4) is 0 Å². The summed E-state index contributed by atoms with van der Waals surface area (Å²) in [5.74, 6) is 0.128. The van der Waals surface area contributed by atoms with Crippen LogP contribution in [-0.4, -0.2) is 20.5 Å². The van der Waals surface area contributed by atoms with Gasteiger partial charge in [-0.25, -0.2) is 0 Å². The molecule has 0 saturated heterocycles. The van der Waals surface area contributed by atoms with Crippen molar-refractivity contribution in [3.63, 3.8) is 0 Å². The third-order valence-corrected chi connectivity index (χ3v) is 2.06. The summed E-state index contributed by atoms with van der Waals surface area (Å²) in [6.45, 7) is 4.05. The van der Waals surface area contributed by atoms with Crippen LogP contribution in [0.4, 0.5) is 5.69 Å². The van der Waals surface area contributed by atoms with Gasteiger partial charge in [0.2, 0.25) is 0 Å². The van der Waals surface area contributed by atoms with Crippen LogP contribution in [0, 0.1) is 16.0 Å². The normalized spacial score (nSPS) is 10.6. The summed E-state index contributed by atoms with van der Waals surface area (Å²) in [6, 6.07) is 0. The standard InChI is InChI=1S/C9H13N3O3/c1-7(2)9(13)3-4-11-6-8(5-10-11)12(14)15/h5-7H,3-4H2,1-2H3. The van der Waals surface area contributed by atoms with Crippen molar-refractivity contribution in [2.75, 3.05) is 0 Å². The lowest BCUT2D eigenvalue weighted by Gasteiger charge is -2.03. The quantitative estimate of drug-likeness (QED) is 0.544. The Morgan fingerprint density at radius 3 is 2.80 bits per heavy atom. The van der Waals surface area contributed by atoms with Crippen LogP contribution >= 0.6 is 0 Å². The summed E-state index contributed by atoms with van der Waals surface area (Å²) in [5.41, 5.74) is -0.0491. The molecule has 0 fully saturated rings. The minimum Gasteiger partial charge on any atom is -0.299 e. The van der Waals surface area contributed by atoms with Gasteiger partial charge in [-0.15, -0.1) is 0 Å². The van der Waals surface area contributed by atoms with E-state index in [2.05, 4.69) is 5.10 Å². The van der Waals surface area contributed by atoms with Crippen LogP contribution in [0.3, 0.4) is 0 Å². The molecule has 6 heteroatoms. The molecule has 0 saturated carbocycles. The van der Waals surface area contributed by atoms with Gasteiger partial charge in [0.15, 0.2) is 0 Å². The summed E-state index contributed by atoms with van der Waals surface area (Å²) in [7, 11) is 0. The van der Waals surface area contributed by atoms with Crippen molar-refractivity contribution in [3.05, 3.63) is 22.5 Å². The van der Waals surface area contributed by atoms with E-state index < -0.39 is 4.92 Å². The third-order valence-electron chi connectivity index (χ3n) is 2.06. The number of aryl methyl sites for hydroxylation is 1. The number of ketones is 1. The van der Waals surface area contributed by atoms with Gasteiger partial charge in [-0.1, -0.05) is 13.8 Å². The fraction of sp³-hybridized carbons (Fsp3) is 0.556. The summed E-state index contributed by atoms with van der Waals surface area (Å²) in [6.07, 6.45) is 2.87. The zero-order valence-electron chi connectivity index (χ0n) is 8.71. The molecule has 0 aliphatic carbocycles. The van der Waals surface area contributed by atoms with E-state index in [9.17, 15) is 14.9 Å². The maximum atomic E-state index is 11.3. The van der Waals surface area contributed by atoms with E-state index in [4.69, 9.17) is 0 Å². The van der Waals surface area contributed by atoms with Crippen molar-refractivity contribution in [2.45, 2.75) is 26.8 Å². The number of carbonyl (C=O) groups excluding carboxylic acids is 1. The number of carbonyl (C=O) groups is 1. The fourth-order valence-corrected chi connectivity index (χ4v) is 1.08. The maximum Gasteiger partial charge on any atom is 0.306 e. The smallest absolute Gasteiger partial charge is 0.299 e. The second kappa shape index (κ2) is 4.68. The summed E-state index contributed by atoms with van der Waals surface area (Å²) in [5, 5.41) is 14.1. The molecule has 1 aromatic rings. The van der Waals surface area contributed by atoms with Gasteiger partial charge in [0.05, 0.1) is 4.92 Å². The number of rotatable bonds is 5. The predicted octanol–water partition coefficient (Wildman–Crippen LogP) is 1.41. The molecule has 1 heterocycles. The molecule has 6 nitrogen and oxygen atoms in total. The molecule has 0 atom stereocenters. The Hall–Kier alpha value is -1.72. The van der Waals surface area contributed by atoms with E-state index in [1.165, 1.54) is 17.1 Å². The van der Waals surface area contributed by atoms with Crippen molar-refractivity contribution < 1.29 is 9.72 Å². The van der Waals surface area contributed by atoms with Crippen LogP contribution in [0.25, 0.3) is 0 Å². The molecule has 0 unspecified atom stereocenters. The zero-order chi connectivity index (χ0) is 11.4. The Balaban J connectivity index is 2.51. The highest BCUT2D eigenvalue weighted by Crippen LogP contribution is 2.08. The molecule has 1 aromatic heterocycles. The van der Waals surface area contributed by atoms with Gasteiger partial charge >= 0.3 is 5.69 Å². The lowest BCUT2D eigenvalue weighted by Crippen LogP contribution is -2.11. The summed E-state index contributed by atoms with van der Waals surface area (Å²) >= 11 is 0. The SMILES string of the molecule is CC(C)C(=O)CCn1cc([N+](=O)[O-])cn1. The molecular formula is C9H13N3O3. The van der Waals surface area contributed by atoms with Crippen LogP contribution in [0.1, 0.15) is 20.3 Å². The lowest BCUT2D eigenvalue weighted by molar-refractivity contribution is -0.385. The Morgan fingerprint density at radius 1 is 1.67 bits per heavy atom. The summed E-state index contributed by atoms with van der Waals surface area (Å²) < 4.78 is 1.42. The van der Waals surface area contributed by atoms with Gasteiger partial charge in [-0.3, -0.25) is 19.6 Å². The van der Waals surface area contributed by atoms with Crippen molar-refractivity contribution in [1.29, 1.82) is 0 Å². The van der Waals surface area contributed by atoms with E-state index in [1.54, 1.807) is 0 Å². The molecular weight excluding hydrogens is 198 g/mol. The highest BCUT2D eigenvalue weighted by molar-refractivity contribution is 5.80. The number of Topliss-reactive ketones (excluding diaryl/α,β-unsaturated/α-hetero) is 1. The molecule has 0 aromatic carbocycles. The van der Waals surface area contributed by atoms with Gasteiger partial charge in [0.1, 0.15) is 18.2 Å². The maximum absolute atomic E-state index is 11.3. The average molecular weight is 211 g/mol. The van der Waals surface area contributed by atoms with Crippen molar-refractivity contribution >= 4 is 11.5 Å².